The van der Waals surface area contributed by atoms with Gasteiger partial charge in [0.25, 0.3) is 0 Å². The van der Waals surface area contributed by atoms with Crippen LogP contribution in [-0.4, -0.2) is 14.5 Å². The molecule has 0 aromatic carbocycles. The van der Waals surface area contributed by atoms with Crippen LogP contribution < -0.4 is 0 Å². The second-order valence-corrected chi connectivity index (χ2v) is 5.91. The van der Waals surface area contributed by atoms with Crippen molar-refractivity contribution in [2.45, 2.75) is 33.1 Å². The van der Waals surface area contributed by atoms with E-state index in [1.54, 1.807) is 4.44 Å². The van der Waals surface area contributed by atoms with Gasteiger partial charge in [-0.2, -0.15) is 0 Å². The quantitative estimate of drug-likeness (QED) is 0.582. The van der Waals surface area contributed by atoms with Crippen molar-refractivity contribution < 1.29 is 0 Å². The first-order valence-corrected chi connectivity index (χ1v) is 5.73. The van der Waals surface area contributed by atoms with Crippen LogP contribution in [0.25, 0.3) is 0 Å². The van der Waals surface area contributed by atoms with Gasteiger partial charge in [-0.05, 0) is 0 Å². The Kier molecular flexibility index (Phi) is 2.51. The maximum absolute atomic E-state index is 2.33. The summed E-state index contributed by atoms with van der Waals surface area (Å²) in [7, 11) is 0. The normalized spacial score (nSPS) is 11.6. The van der Waals surface area contributed by atoms with Crippen molar-refractivity contribution in [2.24, 2.45) is 0 Å². The zero-order valence-electron chi connectivity index (χ0n) is 7.64. The summed E-state index contributed by atoms with van der Waals surface area (Å²) in [6.45, 7) is 9.02. The number of aryl methyl sites for hydroxylation is 1. The average molecular weight is 214 g/mol. The molecule has 0 spiro atoms. The molecule has 0 saturated heterocycles. The molecule has 0 amide bonds. The summed E-state index contributed by atoms with van der Waals surface area (Å²) in [6.07, 6.45) is 0. The molecule has 1 rings (SSSR count). The second kappa shape index (κ2) is 3.08. The van der Waals surface area contributed by atoms with Crippen LogP contribution in [0.4, 0.5) is 0 Å². The molecule has 0 aliphatic rings. The molecule has 1 aromatic heterocycles. The van der Waals surface area contributed by atoms with Gasteiger partial charge in [0.2, 0.25) is 0 Å². The van der Waals surface area contributed by atoms with Gasteiger partial charge in [-0.1, -0.05) is 0 Å². The zero-order valence-corrected chi connectivity index (χ0v) is 9.35. The minimum atomic E-state index is 0.367. The number of hydrogen-bond donors (Lipinski definition) is 0. The number of rotatable bonds is 0. The molecule has 0 unspecified atom stereocenters. The molecule has 0 aliphatic carbocycles. The standard InChI is InChI=1S/C10H15Se/c1-8-5-6-11-9(7-8)10(2,3)4/h5-7H,1-4H3/q+1. The van der Waals surface area contributed by atoms with Gasteiger partial charge in [-0.3, -0.25) is 0 Å². The van der Waals surface area contributed by atoms with Crippen LogP contribution in [0.15, 0.2) is 17.1 Å². The van der Waals surface area contributed by atoms with Crippen LogP contribution in [0.3, 0.4) is 0 Å². The van der Waals surface area contributed by atoms with E-state index in [1.807, 2.05) is 0 Å². The first-order chi connectivity index (χ1) is 5.00. The Morgan fingerprint density at radius 3 is 2.27 bits per heavy atom. The SMILES string of the molecule is Cc1cc[se+]c(C(C)(C)C)c1. The fourth-order valence-electron chi connectivity index (χ4n) is 0.897. The van der Waals surface area contributed by atoms with Gasteiger partial charge in [-0.15, -0.1) is 0 Å². The second-order valence-electron chi connectivity index (χ2n) is 3.92. The summed E-state index contributed by atoms with van der Waals surface area (Å²) in [5.74, 6) is 0. The first kappa shape index (κ1) is 8.96. The van der Waals surface area contributed by atoms with Gasteiger partial charge in [0.05, 0.1) is 0 Å². The van der Waals surface area contributed by atoms with Crippen LogP contribution in [-0.2, 0) is 5.41 Å². The summed E-state index contributed by atoms with van der Waals surface area (Å²) < 4.78 is 1.60. The molecule has 0 aliphatic heterocycles. The average Bonchev–Trinajstić information content (AvgIpc) is 1.86. The van der Waals surface area contributed by atoms with E-state index >= 15 is 0 Å². The summed E-state index contributed by atoms with van der Waals surface area (Å²) in [6, 6.07) is 4.55. The van der Waals surface area contributed by atoms with Crippen molar-refractivity contribution >= 4 is 14.5 Å². The van der Waals surface area contributed by atoms with Gasteiger partial charge in [0, 0.05) is 0 Å². The topological polar surface area (TPSA) is 0 Å². The predicted octanol–water partition coefficient (Wildman–Crippen LogP) is 2.63. The van der Waals surface area contributed by atoms with Gasteiger partial charge in [-0.25, -0.2) is 0 Å². The van der Waals surface area contributed by atoms with Crippen LogP contribution in [0.2, 0.25) is 0 Å². The Balaban J connectivity index is 3.06. The van der Waals surface area contributed by atoms with Crippen LogP contribution in [0.5, 0.6) is 0 Å². The molecule has 0 bridgehead atoms. The van der Waals surface area contributed by atoms with Crippen molar-refractivity contribution in [1.82, 2.24) is 0 Å². The van der Waals surface area contributed by atoms with Gasteiger partial charge in [0.1, 0.15) is 0 Å². The third kappa shape index (κ3) is 2.43. The van der Waals surface area contributed by atoms with Crippen molar-refractivity contribution in [3.63, 3.8) is 0 Å². The van der Waals surface area contributed by atoms with E-state index in [4.69, 9.17) is 0 Å². The summed E-state index contributed by atoms with van der Waals surface area (Å²) in [5.41, 5.74) is 1.76. The van der Waals surface area contributed by atoms with E-state index in [2.05, 4.69) is 44.8 Å². The molecule has 60 valence electrons. The predicted molar refractivity (Wildman–Crippen MR) is 51.2 cm³/mol. The molecule has 11 heavy (non-hydrogen) atoms. The Morgan fingerprint density at radius 2 is 1.91 bits per heavy atom. The molecule has 1 heterocycles. The van der Waals surface area contributed by atoms with Crippen molar-refractivity contribution in [1.29, 1.82) is 0 Å². The first-order valence-electron chi connectivity index (χ1n) is 3.89. The minimum absolute atomic E-state index is 0.367. The van der Waals surface area contributed by atoms with Crippen LogP contribution in [0.1, 0.15) is 30.8 Å². The fourth-order valence-corrected chi connectivity index (χ4v) is 3.07. The molecule has 0 atom stereocenters. The molecular weight excluding hydrogens is 199 g/mol. The van der Waals surface area contributed by atoms with Crippen molar-refractivity contribution in [3.8, 4) is 0 Å². The van der Waals surface area contributed by atoms with Crippen molar-refractivity contribution in [3.05, 3.63) is 27.1 Å². The third-order valence-corrected chi connectivity index (χ3v) is 4.26. The van der Waals surface area contributed by atoms with E-state index in [-0.39, 0.29) is 0 Å². The van der Waals surface area contributed by atoms with E-state index in [1.165, 1.54) is 5.56 Å². The fraction of sp³-hybridized carbons (Fsp3) is 0.500. The maximum atomic E-state index is 2.33. The summed E-state index contributed by atoms with van der Waals surface area (Å²) in [5, 5.41) is 0. The molecule has 0 nitrogen and oxygen atoms in total. The Bertz CT molecular complexity index is 245. The van der Waals surface area contributed by atoms with Crippen LogP contribution in [0, 0.1) is 6.92 Å². The Labute approximate surface area is 75.0 Å². The van der Waals surface area contributed by atoms with Crippen molar-refractivity contribution in [2.75, 3.05) is 0 Å². The molecule has 0 saturated carbocycles. The molecule has 0 radical (unpaired) electrons. The Hall–Kier alpha value is -0.131. The molecule has 1 aromatic rings. The number of hydrogen-bond acceptors (Lipinski definition) is 0. The molecular formula is C10H15Se+. The zero-order chi connectivity index (χ0) is 8.48. The van der Waals surface area contributed by atoms with Gasteiger partial charge >= 0.3 is 74.7 Å². The monoisotopic (exact) mass is 215 g/mol. The Morgan fingerprint density at radius 1 is 1.27 bits per heavy atom. The van der Waals surface area contributed by atoms with E-state index < -0.39 is 0 Å². The molecule has 1 heteroatoms. The van der Waals surface area contributed by atoms with Gasteiger partial charge < -0.3 is 0 Å². The summed E-state index contributed by atoms with van der Waals surface area (Å²) >= 11 is 0.595. The summed E-state index contributed by atoms with van der Waals surface area (Å²) in [4.78, 5) is 2.31. The van der Waals surface area contributed by atoms with Crippen LogP contribution >= 0.6 is 0 Å². The van der Waals surface area contributed by atoms with E-state index in [0.29, 0.717) is 19.9 Å². The van der Waals surface area contributed by atoms with E-state index in [0.717, 1.165) is 0 Å². The van der Waals surface area contributed by atoms with E-state index in [9.17, 15) is 0 Å². The third-order valence-electron chi connectivity index (χ3n) is 1.62. The molecule has 0 fully saturated rings. The molecule has 0 N–H and O–H groups in total. The van der Waals surface area contributed by atoms with Gasteiger partial charge in [0.15, 0.2) is 0 Å².